The van der Waals surface area contributed by atoms with Crippen LogP contribution in [0.2, 0.25) is 5.02 Å². The number of aliphatic hydroxyl groups excluding tert-OH is 1. The van der Waals surface area contributed by atoms with Crippen molar-refractivity contribution >= 4 is 55.7 Å². The highest BCUT2D eigenvalue weighted by Gasteiger charge is 2.48. The Morgan fingerprint density at radius 2 is 1.79 bits per heavy atom. The smallest absolute Gasteiger partial charge is 0.301 e. The molecule has 1 unspecified atom stereocenters. The van der Waals surface area contributed by atoms with Gasteiger partial charge in [-0.1, -0.05) is 35.1 Å². The zero-order valence-electron chi connectivity index (χ0n) is 17.7. The molecule has 0 bridgehead atoms. The number of amides is 1. The minimum atomic E-state index is -1.00. The lowest BCUT2D eigenvalue weighted by molar-refractivity contribution is -0.132. The van der Waals surface area contributed by atoms with E-state index in [-0.39, 0.29) is 16.5 Å². The molecule has 1 fully saturated rings. The molecule has 1 aromatic heterocycles. The van der Waals surface area contributed by atoms with Gasteiger partial charge in [0.15, 0.2) is 5.13 Å². The van der Waals surface area contributed by atoms with Crippen molar-refractivity contribution in [2.24, 2.45) is 0 Å². The number of hydrogen-bond donors (Lipinski definition) is 1. The highest BCUT2D eigenvalue weighted by molar-refractivity contribution is 7.22. The maximum absolute atomic E-state index is 13.7. The van der Waals surface area contributed by atoms with E-state index in [1.807, 2.05) is 0 Å². The zero-order valence-corrected chi connectivity index (χ0v) is 19.2. The second-order valence-corrected chi connectivity index (χ2v) is 9.00. The van der Waals surface area contributed by atoms with Gasteiger partial charge in [0.25, 0.3) is 5.78 Å². The quantitative estimate of drug-likeness (QED) is 0.223. The first-order chi connectivity index (χ1) is 16.4. The summed E-state index contributed by atoms with van der Waals surface area (Å²) in [7, 11) is 1.51. The lowest BCUT2D eigenvalue weighted by atomic mass is 9.95. The van der Waals surface area contributed by atoms with Crippen molar-refractivity contribution in [2.45, 2.75) is 6.04 Å². The number of aliphatic hydroxyl groups is 1. The molecule has 0 radical (unpaired) electrons. The summed E-state index contributed by atoms with van der Waals surface area (Å²) in [4.78, 5) is 32.2. The fraction of sp³-hybridized carbons (Fsp3) is 0.0800. The SMILES string of the molecule is COc1ccc(/C(O)=C2\C(=O)C(=O)N(c3nc4ccc(Cl)cc4s3)C2c2ccc(F)cc2)cc1. The van der Waals surface area contributed by atoms with Crippen LogP contribution >= 0.6 is 22.9 Å². The maximum Gasteiger partial charge on any atom is 0.301 e. The molecule has 1 amide bonds. The first-order valence-corrected chi connectivity index (χ1v) is 11.3. The van der Waals surface area contributed by atoms with E-state index in [9.17, 15) is 19.1 Å². The van der Waals surface area contributed by atoms with Gasteiger partial charge in [-0.2, -0.15) is 0 Å². The van der Waals surface area contributed by atoms with Gasteiger partial charge in [-0.15, -0.1) is 0 Å². The third-order valence-electron chi connectivity index (χ3n) is 5.54. The largest absolute Gasteiger partial charge is 0.507 e. The predicted octanol–water partition coefficient (Wildman–Crippen LogP) is 5.72. The number of methoxy groups -OCH3 is 1. The summed E-state index contributed by atoms with van der Waals surface area (Å²) in [6, 6.07) is 16.0. The van der Waals surface area contributed by atoms with Gasteiger partial charge in [-0.25, -0.2) is 9.37 Å². The molecule has 5 rings (SSSR count). The molecule has 2 heterocycles. The number of fused-ring (bicyclic) bond motifs is 1. The number of rotatable bonds is 4. The van der Waals surface area contributed by atoms with Crippen LogP contribution in [0.25, 0.3) is 16.0 Å². The lowest BCUT2D eigenvalue weighted by Crippen LogP contribution is -2.29. The minimum Gasteiger partial charge on any atom is -0.507 e. The number of aromatic nitrogens is 1. The van der Waals surface area contributed by atoms with E-state index in [0.717, 1.165) is 4.70 Å². The van der Waals surface area contributed by atoms with E-state index in [1.54, 1.807) is 42.5 Å². The fourth-order valence-electron chi connectivity index (χ4n) is 3.88. The molecule has 34 heavy (non-hydrogen) atoms. The third kappa shape index (κ3) is 3.70. The van der Waals surface area contributed by atoms with Crippen LogP contribution in [0.15, 0.2) is 72.3 Å². The van der Waals surface area contributed by atoms with Gasteiger partial charge < -0.3 is 9.84 Å². The Hall–Kier alpha value is -3.75. The third-order valence-corrected chi connectivity index (χ3v) is 6.79. The number of hydrogen-bond acceptors (Lipinski definition) is 6. The Labute approximate surface area is 202 Å². The van der Waals surface area contributed by atoms with Crippen molar-refractivity contribution in [3.8, 4) is 5.75 Å². The summed E-state index contributed by atoms with van der Waals surface area (Å²) in [6.45, 7) is 0. The van der Waals surface area contributed by atoms with Crippen LogP contribution in [0.1, 0.15) is 17.2 Å². The normalized spacial score (nSPS) is 17.5. The van der Waals surface area contributed by atoms with Crippen LogP contribution in [-0.4, -0.2) is 28.9 Å². The number of anilines is 1. The van der Waals surface area contributed by atoms with Crippen LogP contribution < -0.4 is 9.64 Å². The molecule has 3 aromatic carbocycles. The Morgan fingerprint density at radius 1 is 1.09 bits per heavy atom. The Morgan fingerprint density at radius 3 is 2.47 bits per heavy atom. The molecular formula is C25H16ClFN2O4S. The summed E-state index contributed by atoms with van der Waals surface area (Å²) >= 11 is 7.29. The zero-order chi connectivity index (χ0) is 24.0. The molecule has 4 aromatic rings. The molecule has 1 saturated heterocycles. The molecule has 0 spiro atoms. The molecule has 0 aliphatic carbocycles. The van der Waals surface area contributed by atoms with Crippen molar-refractivity contribution in [2.75, 3.05) is 12.0 Å². The molecular weight excluding hydrogens is 479 g/mol. The van der Waals surface area contributed by atoms with E-state index >= 15 is 0 Å². The van der Waals surface area contributed by atoms with E-state index in [2.05, 4.69) is 4.98 Å². The Balaban J connectivity index is 1.71. The van der Waals surface area contributed by atoms with Crippen molar-refractivity contribution in [3.63, 3.8) is 0 Å². The topological polar surface area (TPSA) is 79.7 Å². The molecule has 1 aliphatic rings. The monoisotopic (exact) mass is 494 g/mol. The second kappa shape index (κ2) is 8.55. The van der Waals surface area contributed by atoms with E-state index in [1.165, 1.54) is 47.6 Å². The Bertz CT molecular complexity index is 1460. The number of benzene rings is 3. The van der Waals surface area contributed by atoms with Crippen molar-refractivity contribution in [1.82, 2.24) is 4.98 Å². The fourth-order valence-corrected chi connectivity index (χ4v) is 5.15. The molecule has 9 heteroatoms. The number of ketones is 1. The predicted molar refractivity (Wildman–Crippen MR) is 129 cm³/mol. The standard InChI is InChI=1S/C25H16ClFN2O4S/c1-33-17-9-4-14(5-10-17)22(30)20-21(13-2-7-16(27)8-3-13)29(24(32)23(20)31)25-28-18-11-6-15(26)12-19(18)34-25/h2-12,21,30H,1H3/b22-20+. The number of carbonyl (C=O) groups excluding carboxylic acids is 2. The number of nitrogens with zero attached hydrogens (tertiary/aromatic N) is 2. The van der Waals surface area contributed by atoms with Crippen molar-refractivity contribution in [1.29, 1.82) is 0 Å². The summed E-state index contributed by atoms with van der Waals surface area (Å²) in [6.07, 6.45) is 0. The van der Waals surface area contributed by atoms with Gasteiger partial charge in [-0.05, 0) is 60.2 Å². The second-order valence-electron chi connectivity index (χ2n) is 7.56. The van der Waals surface area contributed by atoms with Crippen LogP contribution in [0.4, 0.5) is 9.52 Å². The molecule has 170 valence electrons. The van der Waals surface area contributed by atoms with Gasteiger partial charge in [-0.3, -0.25) is 14.5 Å². The van der Waals surface area contributed by atoms with Crippen LogP contribution in [0.3, 0.4) is 0 Å². The van der Waals surface area contributed by atoms with Crippen molar-refractivity contribution < 1.29 is 23.8 Å². The van der Waals surface area contributed by atoms with Crippen molar-refractivity contribution in [3.05, 3.63) is 94.3 Å². The highest BCUT2D eigenvalue weighted by Crippen LogP contribution is 2.44. The number of halogens is 2. The molecule has 0 saturated carbocycles. The average Bonchev–Trinajstić information content (AvgIpc) is 3.37. The number of thiazole rings is 1. The van der Waals surface area contributed by atoms with Gasteiger partial charge in [0.1, 0.15) is 17.3 Å². The highest BCUT2D eigenvalue weighted by atomic mass is 35.5. The summed E-state index contributed by atoms with van der Waals surface area (Å²) in [5, 5.41) is 11.9. The molecule has 1 N–H and O–H groups in total. The summed E-state index contributed by atoms with van der Waals surface area (Å²) in [5.41, 5.74) is 1.29. The van der Waals surface area contributed by atoms with E-state index < -0.39 is 23.5 Å². The van der Waals surface area contributed by atoms with Gasteiger partial charge in [0, 0.05) is 10.6 Å². The number of carbonyl (C=O) groups is 2. The lowest BCUT2D eigenvalue weighted by Gasteiger charge is -2.23. The molecule has 6 nitrogen and oxygen atoms in total. The van der Waals surface area contributed by atoms with E-state index in [0.29, 0.717) is 27.4 Å². The van der Waals surface area contributed by atoms with Gasteiger partial charge in [0.2, 0.25) is 0 Å². The van der Waals surface area contributed by atoms with Crippen LogP contribution in [0, 0.1) is 5.82 Å². The number of ether oxygens (including phenoxy) is 1. The first kappa shape index (κ1) is 22.1. The minimum absolute atomic E-state index is 0.112. The summed E-state index contributed by atoms with van der Waals surface area (Å²) < 4.78 is 19.6. The first-order valence-electron chi connectivity index (χ1n) is 10.1. The number of Topliss-reactive ketones (excluding diaryl/α,β-unsaturated/α-hetero) is 1. The Kier molecular flexibility index (Phi) is 5.55. The molecule has 1 aliphatic heterocycles. The van der Waals surface area contributed by atoms with Crippen LogP contribution in [-0.2, 0) is 9.59 Å². The van der Waals surface area contributed by atoms with Gasteiger partial charge >= 0.3 is 5.91 Å². The summed E-state index contributed by atoms with van der Waals surface area (Å²) in [5.74, 6) is -1.94. The maximum atomic E-state index is 13.7. The molecule has 1 atom stereocenters. The average molecular weight is 495 g/mol. The van der Waals surface area contributed by atoms with Gasteiger partial charge in [0.05, 0.1) is 28.9 Å². The van der Waals surface area contributed by atoms with E-state index in [4.69, 9.17) is 16.3 Å². The van der Waals surface area contributed by atoms with Crippen LogP contribution in [0.5, 0.6) is 5.75 Å².